The average Bonchev–Trinajstić information content (AvgIpc) is 3.27. The first kappa shape index (κ1) is 16.5. The van der Waals surface area contributed by atoms with Gasteiger partial charge in [-0.1, -0.05) is 18.2 Å². The van der Waals surface area contributed by atoms with Crippen molar-refractivity contribution in [2.75, 3.05) is 16.8 Å². The molecule has 1 aliphatic heterocycles. The zero-order chi connectivity index (χ0) is 17.9. The minimum atomic E-state index is -0.157. The lowest BCUT2D eigenvalue weighted by Crippen LogP contribution is -2.13. The van der Waals surface area contributed by atoms with Gasteiger partial charge in [0.15, 0.2) is 0 Å². The fraction of sp³-hybridized carbons (Fsp3) is 0.143. The van der Waals surface area contributed by atoms with Gasteiger partial charge in [0.25, 0.3) is 0 Å². The maximum absolute atomic E-state index is 12.1. The fourth-order valence-corrected chi connectivity index (χ4v) is 3.71. The van der Waals surface area contributed by atoms with Crippen LogP contribution in [0, 0.1) is 6.92 Å². The molecule has 3 aromatic rings. The van der Waals surface area contributed by atoms with Gasteiger partial charge in [-0.15, -0.1) is 11.3 Å². The Labute approximate surface area is 156 Å². The van der Waals surface area contributed by atoms with Gasteiger partial charge in [0.05, 0.1) is 10.7 Å². The molecule has 0 bridgehead atoms. The van der Waals surface area contributed by atoms with Crippen LogP contribution >= 0.6 is 11.3 Å². The molecule has 0 atom stereocenters. The Kier molecular flexibility index (Phi) is 4.54. The van der Waals surface area contributed by atoms with E-state index in [0.29, 0.717) is 0 Å². The highest BCUT2D eigenvalue weighted by Crippen LogP contribution is 2.34. The Morgan fingerprint density at radius 2 is 2.00 bits per heavy atom. The maximum Gasteiger partial charge on any atom is 0.248 e. The summed E-state index contributed by atoms with van der Waals surface area (Å²) in [5, 5.41) is 5.81. The molecule has 130 valence electrons. The molecular formula is C21H19N3OS. The molecule has 0 aliphatic carbocycles. The first-order valence-corrected chi connectivity index (χ1v) is 9.44. The smallest absolute Gasteiger partial charge is 0.248 e. The summed E-state index contributed by atoms with van der Waals surface area (Å²) in [6.07, 6.45) is 4.31. The minimum Gasteiger partial charge on any atom is -0.341 e. The second kappa shape index (κ2) is 7.14. The predicted octanol–water partition coefficient (Wildman–Crippen LogP) is 4.80. The fourth-order valence-electron chi connectivity index (χ4n) is 3.13. The molecule has 1 amide bonds. The van der Waals surface area contributed by atoms with Gasteiger partial charge in [0.1, 0.15) is 0 Å². The van der Waals surface area contributed by atoms with Crippen LogP contribution in [0.2, 0.25) is 0 Å². The van der Waals surface area contributed by atoms with Gasteiger partial charge in [0.2, 0.25) is 5.91 Å². The summed E-state index contributed by atoms with van der Waals surface area (Å²) >= 11 is 1.57. The number of aryl methyl sites for hydroxylation is 1. The van der Waals surface area contributed by atoms with Gasteiger partial charge < -0.3 is 10.2 Å². The third kappa shape index (κ3) is 3.53. The standard InChI is InChI=1S/C21H19N3OS/c1-15-22-18(14-26-15)8-11-21(25)23-17-6-9-19(10-7-17)24-13-12-16-4-2-3-5-20(16)24/h2-11,14H,12-13H2,1H3,(H,23,25)/b11-8+. The lowest BCUT2D eigenvalue weighted by molar-refractivity contribution is -0.111. The number of fused-ring (bicyclic) bond motifs is 1. The van der Waals surface area contributed by atoms with E-state index in [2.05, 4.69) is 39.5 Å². The summed E-state index contributed by atoms with van der Waals surface area (Å²) in [5.74, 6) is -0.157. The summed E-state index contributed by atoms with van der Waals surface area (Å²) in [4.78, 5) is 18.7. The Balaban J connectivity index is 1.42. The molecule has 0 saturated carbocycles. The minimum absolute atomic E-state index is 0.157. The molecule has 1 aromatic heterocycles. The molecule has 0 unspecified atom stereocenters. The molecule has 0 radical (unpaired) electrons. The Morgan fingerprint density at radius 3 is 2.77 bits per heavy atom. The second-order valence-electron chi connectivity index (χ2n) is 6.19. The zero-order valence-electron chi connectivity index (χ0n) is 14.5. The predicted molar refractivity (Wildman–Crippen MR) is 108 cm³/mol. The number of rotatable bonds is 4. The van der Waals surface area contributed by atoms with Crippen molar-refractivity contribution in [1.29, 1.82) is 0 Å². The third-order valence-corrected chi connectivity index (χ3v) is 5.17. The van der Waals surface area contributed by atoms with Crippen LogP contribution in [0.5, 0.6) is 0 Å². The normalized spacial score (nSPS) is 13.2. The molecule has 0 fully saturated rings. The van der Waals surface area contributed by atoms with E-state index < -0.39 is 0 Å². The number of amides is 1. The van der Waals surface area contributed by atoms with E-state index in [1.807, 2.05) is 36.6 Å². The number of thiazole rings is 1. The number of hydrogen-bond donors (Lipinski definition) is 1. The first-order chi connectivity index (χ1) is 12.7. The lowest BCUT2D eigenvalue weighted by atomic mass is 10.2. The number of benzene rings is 2. The van der Waals surface area contributed by atoms with Crippen LogP contribution in [-0.4, -0.2) is 17.4 Å². The molecule has 0 spiro atoms. The molecule has 4 nitrogen and oxygen atoms in total. The summed E-state index contributed by atoms with van der Waals surface area (Å²) in [5.41, 5.74) is 5.38. The first-order valence-electron chi connectivity index (χ1n) is 8.56. The van der Waals surface area contributed by atoms with Crippen molar-refractivity contribution in [2.45, 2.75) is 13.3 Å². The van der Waals surface area contributed by atoms with Gasteiger partial charge in [-0.05, 0) is 55.3 Å². The van der Waals surface area contributed by atoms with E-state index >= 15 is 0 Å². The number of para-hydroxylation sites is 1. The highest BCUT2D eigenvalue weighted by atomic mass is 32.1. The van der Waals surface area contributed by atoms with Crippen molar-refractivity contribution in [3.8, 4) is 0 Å². The monoisotopic (exact) mass is 361 g/mol. The van der Waals surface area contributed by atoms with Crippen LogP contribution in [0.15, 0.2) is 60.0 Å². The molecule has 0 saturated heterocycles. The van der Waals surface area contributed by atoms with Crippen molar-refractivity contribution in [3.05, 3.63) is 76.3 Å². The zero-order valence-corrected chi connectivity index (χ0v) is 15.3. The van der Waals surface area contributed by atoms with Crippen molar-refractivity contribution in [2.24, 2.45) is 0 Å². The Bertz CT molecular complexity index is 959. The average molecular weight is 361 g/mol. The number of hydrogen-bond acceptors (Lipinski definition) is 4. The van der Waals surface area contributed by atoms with Crippen LogP contribution in [0.3, 0.4) is 0 Å². The summed E-state index contributed by atoms with van der Waals surface area (Å²) in [6, 6.07) is 16.5. The number of nitrogens with one attached hydrogen (secondary N) is 1. The highest BCUT2D eigenvalue weighted by molar-refractivity contribution is 7.09. The number of carbonyl (C=O) groups is 1. The van der Waals surface area contributed by atoms with Crippen molar-refractivity contribution in [1.82, 2.24) is 4.98 Å². The summed E-state index contributed by atoms with van der Waals surface area (Å²) < 4.78 is 0. The number of carbonyl (C=O) groups excluding carboxylic acids is 1. The van der Waals surface area contributed by atoms with Gasteiger partial charge in [0, 0.05) is 35.1 Å². The van der Waals surface area contributed by atoms with Crippen molar-refractivity contribution >= 4 is 40.4 Å². The van der Waals surface area contributed by atoms with Crippen LogP contribution in [0.4, 0.5) is 17.1 Å². The van der Waals surface area contributed by atoms with Crippen LogP contribution < -0.4 is 10.2 Å². The Hall–Kier alpha value is -2.92. The molecule has 1 aliphatic rings. The highest BCUT2D eigenvalue weighted by Gasteiger charge is 2.19. The van der Waals surface area contributed by atoms with E-state index in [9.17, 15) is 4.79 Å². The van der Waals surface area contributed by atoms with Crippen LogP contribution in [0.25, 0.3) is 6.08 Å². The second-order valence-corrected chi connectivity index (χ2v) is 7.25. The van der Waals surface area contributed by atoms with E-state index in [1.165, 1.54) is 17.3 Å². The molecule has 4 rings (SSSR count). The van der Waals surface area contributed by atoms with Gasteiger partial charge in [-0.25, -0.2) is 4.98 Å². The summed E-state index contributed by atoms with van der Waals surface area (Å²) in [7, 11) is 0. The molecular weight excluding hydrogens is 342 g/mol. The number of anilines is 3. The van der Waals surface area contributed by atoms with Crippen molar-refractivity contribution < 1.29 is 4.79 Å². The SMILES string of the molecule is Cc1nc(/C=C/C(=O)Nc2ccc(N3CCc4ccccc43)cc2)cs1. The third-order valence-electron chi connectivity index (χ3n) is 4.38. The quantitative estimate of drug-likeness (QED) is 0.679. The molecule has 2 aromatic carbocycles. The van der Waals surface area contributed by atoms with E-state index in [4.69, 9.17) is 0 Å². The molecule has 1 N–H and O–H groups in total. The van der Waals surface area contributed by atoms with Gasteiger partial charge in [-0.2, -0.15) is 0 Å². The number of aromatic nitrogens is 1. The van der Waals surface area contributed by atoms with Crippen LogP contribution in [0.1, 0.15) is 16.3 Å². The largest absolute Gasteiger partial charge is 0.341 e. The Morgan fingerprint density at radius 1 is 1.19 bits per heavy atom. The van der Waals surface area contributed by atoms with Gasteiger partial charge in [-0.3, -0.25) is 4.79 Å². The summed E-state index contributed by atoms with van der Waals surface area (Å²) in [6.45, 7) is 2.93. The van der Waals surface area contributed by atoms with Crippen LogP contribution in [-0.2, 0) is 11.2 Å². The van der Waals surface area contributed by atoms with E-state index in [-0.39, 0.29) is 5.91 Å². The molecule has 26 heavy (non-hydrogen) atoms. The topological polar surface area (TPSA) is 45.2 Å². The molecule has 5 heteroatoms. The van der Waals surface area contributed by atoms with E-state index in [0.717, 1.165) is 35.0 Å². The molecule has 2 heterocycles. The lowest BCUT2D eigenvalue weighted by Gasteiger charge is -2.19. The number of nitrogens with zero attached hydrogens (tertiary/aromatic N) is 2. The maximum atomic E-state index is 12.1. The van der Waals surface area contributed by atoms with Crippen molar-refractivity contribution in [3.63, 3.8) is 0 Å². The van der Waals surface area contributed by atoms with Gasteiger partial charge >= 0.3 is 0 Å². The van der Waals surface area contributed by atoms with E-state index in [1.54, 1.807) is 17.4 Å².